The molecule has 36 heavy (non-hydrogen) atoms. The van der Waals surface area contributed by atoms with Crippen molar-refractivity contribution < 1.29 is 9.21 Å². The van der Waals surface area contributed by atoms with E-state index in [1.807, 2.05) is 48.7 Å². The molecule has 0 saturated heterocycles. The van der Waals surface area contributed by atoms with E-state index in [-0.39, 0.29) is 11.5 Å². The average molecular weight is 497 g/mol. The number of hydrogen-bond donors (Lipinski definition) is 0. The number of benzene rings is 2. The van der Waals surface area contributed by atoms with Crippen molar-refractivity contribution in [3.63, 3.8) is 0 Å². The van der Waals surface area contributed by atoms with E-state index in [1.165, 1.54) is 17.3 Å². The predicted molar refractivity (Wildman–Crippen MR) is 143 cm³/mol. The van der Waals surface area contributed by atoms with Crippen molar-refractivity contribution in [1.82, 2.24) is 19.3 Å². The molecule has 0 atom stereocenters. The quantitative estimate of drug-likeness (QED) is 0.179. The number of thioether (sulfide) groups is 1. The number of hydrogen-bond acceptors (Lipinski definition) is 5. The highest BCUT2D eigenvalue weighted by Crippen LogP contribution is 2.29. The van der Waals surface area contributed by atoms with Gasteiger partial charge in [0.25, 0.3) is 0 Å². The lowest BCUT2D eigenvalue weighted by Crippen LogP contribution is -2.08. The van der Waals surface area contributed by atoms with Gasteiger partial charge in [0.2, 0.25) is 0 Å². The van der Waals surface area contributed by atoms with Crippen molar-refractivity contribution in [3.8, 4) is 17.1 Å². The van der Waals surface area contributed by atoms with Gasteiger partial charge >= 0.3 is 0 Å². The highest BCUT2D eigenvalue weighted by Gasteiger charge is 2.20. The van der Waals surface area contributed by atoms with Crippen LogP contribution in [0.25, 0.3) is 17.1 Å². The number of rotatable bonds is 8. The van der Waals surface area contributed by atoms with Crippen LogP contribution >= 0.6 is 11.8 Å². The Kier molecular flexibility index (Phi) is 6.65. The molecule has 0 fully saturated rings. The number of ketones is 1. The smallest absolute Gasteiger partial charge is 0.196 e. The van der Waals surface area contributed by atoms with Crippen molar-refractivity contribution in [3.05, 3.63) is 107 Å². The SMILES string of the molecule is Cc1ccc(-n2c(SCC(=O)c3cc(C)n(Cc4ccco4)c3C)nnc2-c2cccc(C)c2)cc1. The van der Waals surface area contributed by atoms with Gasteiger partial charge in [0.15, 0.2) is 16.8 Å². The normalized spacial score (nSPS) is 11.2. The molecule has 0 unspecified atom stereocenters. The molecule has 0 radical (unpaired) electrons. The Morgan fingerprint density at radius 2 is 1.72 bits per heavy atom. The number of nitrogens with zero attached hydrogens (tertiary/aromatic N) is 4. The minimum absolute atomic E-state index is 0.0642. The third-order valence-electron chi connectivity index (χ3n) is 6.30. The first kappa shape index (κ1) is 23.9. The summed E-state index contributed by atoms with van der Waals surface area (Å²) in [5.41, 5.74) is 6.98. The molecule has 6 nitrogen and oxygen atoms in total. The fourth-order valence-electron chi connectivity index (χ4n) is 4.35. The second-order valence-corrected chi connectivity index (χ2v) is 9.95. The van der Waals surface area contributed by atoms with Gasteiger partial charge in [0.1, 0.15) is 5.76 Å². The average Bonchev–Trinajstić information content (AvgIpc) is 3.60. The minimum atomic E-state index is 0.0642. The Balaban J connectivity index is 1.43. The Hall–Kier alpha value is -3.84. The third kappa shape index (κ3) is 4.79. The third-order valence-corrected chi connectivity index (χ3v) is 7.23. The number of aryl methyl sites for hydroxylation is 3. The van der Waals surface area contributed by atoms with Gasteiger partial charge in [-0.05, 0) is 64.1 Å². The van der Waals surface area contributed by atoms with Gasteiger partial charge in [0.05, 0.1) is 18.6 Å². The van der Waals surface area contributed by atoms with E-state index in [0.717, 1.165) is 45.4 Å². The van der Waals surface area contributed by atoms with E-state index in [1.54, 1.807) is 6.26 Å². The number of aromatic nitrogens is 4. The van der Waals surface area contributed by atoms with Crippen molar-refractivity contribution >= 4 is 17.5 Å². The first-order chi connectivity index (χ1) is 17.4. The molecule has 0 N–H and O–H groups in total. The molecule has 0 aliphatic heterocycles. The number of carbonyl (C=O) groups excluding carboxylic acids is 1. The van der Waals surface area contributed by atoms with Crippen LogP contribution in [0, 0.1) is 27.7 Å². The fraction of sp³-hybridized carbons (Fsp3) is 0.207. The summed E-state index contributed by atoms with van der Waals surface area (Å²) >= 11 is 1.41. The van der Waals surface area contributed by atoms with Crippen LogP contribution in [0.5, 0.6) is 0 Å². The zero-order valence-corrected chi connectivity index (χ0v) is 21.7. The maximum absolute atomic E-state index is 13.3. The monoisotopic (exact) mass is 496 g/mol. The second kappa shape index (κ2) is 10.0. The summed E-state index contributed by atoms with van der Waals surface area (Å²) in [6.45, 7) is 8.73. The van der Waals surface area contributed by atoms with E-state index < -0.39 is 0 Å². The standard InChI is InChI=1S/C29H28N4O2S/c1-19-10-12-24(13-11-19)33-28(23-8-5-7-20(2)15-23)30-31-29(33)36-18-27(34)26-16-21(3)32(22(26)4)17-25-9-6-14-35-25/h5-16H,17-18H2,1-4H3. The Bertz CT molecular complexity index is 1510. The topological polar surface area (TPSA) is 65.8 Å². The van der Waals surface area contributed by atoms with Crippen molar-refractivity contribution in [1.29, 1.82) is 0 Å². The molecule has 2 aromatic carbocycles. The second-order valence-electron chi connectivity index (χ2n) is 9.01. The van der Waals surface area contributed by atoms with E-state index in [9.17, 15) is 4.79 Å². The van der Waals surface area contributed by atoms with Crippen LogP contribution in [0.3, 0.4) is 0 Å². The lowest BCUT2D eigenvalue weighted by Gasteiger charge is -2.11. The van der Waals surface area contributed by atoms with E-state index in [0.29, 0.717) is 11.7 Å². The van der Waals surface area contributed by atoms with E-state index in [4.69, 9.17) is 4.42 Å². The van der Waals surface area contributed by atoms with Gasteiger partial charge in [-0.15, -0.1) is 10.2 Å². The van der Waals surface area contributed by atoms with Crippen LogP contribution in [0.4, 0.5) is 0 Å². The van der Waals surface area contributed by atoms with Gasteiger partial charge in [-0.25, -0.2) is 0 Å². The first-order valence-electron chi connectivity index (χ1n) is 11.9. The molecule has 5 aromatic rings. The molecule has 3 aromatic heterocycles. The maximum atomic E-state index is 13.3. The number of Topliss-reactive ketones (excluding diaryl/α,β-unsaturated/α-hetero) is 1. The Morgan fingerprint density at radius 1 is 0.917 bits per heavy atom. The lowest BCUT2D eigenvalue weighted by molar-refractivity contribution is 0.102. The summed E-state index contributed by atoms with van der Waals surface area (Å²) < 4.78 is 9.65. The van der Waals surface area contributed by atoms with Gasteiger partial charge in [0, 0.05) is 28.2 Å². The van der Waals surface area contributed by atoms with E-state index in [2.05, 4.69) is 65.0 Å². The van der Waals surface area contributed by atoms with E-state index >= 15 is 0 Å². The van der Waals surface area contributed by atoms with Gasteiger partial charge < -0.3 is 8.98 Å². The number of carbonyl (C=O) groups is 1. The van der Waals surface area contributed by atoms with Crippen LogP contribution in [0.1, 0.15) is 38.6 Å². The van der Waals surface area contributed by atoms with Gasteiger partial charge in [-0.2, -0.15) is 0 Å². The highest BCUT2D eigenvalue weighted by atomic mass is 32.2. The molecule has 3 heterocycles. The lowest BCUT2D eigenvalue weighted by atomic mass is 10.1. The van der Waals surface area contributed by atoms with Crippen LogP contribution in [-0.2, 0) is 6.54 Å². The Labute approximate surface area is 215 Å². The van der Waals surface area contributed by atoms with Crippen molar-refractivity contribution in [2.24, 2.45) is 0 Å². The summed E-state index contributed by atoms with van der Waals surface area (Å²) in [7, 11) is 0. The largest absolute Gasteiger partial charge is 0.467 e. The first-order valence-corrected chi connectivity index (χ1v) is 12.8. The molecule has 0 aliphatic rings. The van der Waals surface area contributed by atoms with Crippen LogP contribution in [0.15, 0.2) is 82.6 Å². The van der Waals surface area contributed by atoms with Crippen LogP contribution < -0.4 is 0 Å². The molecular weight excluding hydrogens is 468 g/mol. The molecule has 5 rings (SSSR count). The molecule has 0 spiro atoms. The zero-order chi connectivity index (χ0) is 25.2. The molecule has 0 saturated carbocycles. The highest BCUT2D eigenvalue weighted by molar-refractivity contribution is 7.99. The predicted octanol–water partition coefficient (Wildman–Crippen LogP) is 6.59. The fourth-order valence-corrected chi connectivity index (χ4v) is 5.19. The summed E-state index contributed by atoms with van der Waals surface area (Å²) in [5, 5.41) is 9.70. The molecule has 182 valence electrons. The molecule has 7 heteroatoms. The van der Waals surface area contributed by atoms with Crippen molar-refractivity contribution in [2.45, 2.75) is 39.4 Å². The molecule has 0 amide bonds. The molecule has 0 bridgehead atoms. The Morgan fingerprint density at radius 3 is 2.44 bits per heavy atom. The molecule has 0 aliphatic carbocycles. The molecular formula is C29H28N4O2S. The zero-order valence-electron chi connectivity index (χ0n) is 20.9. The van der Waals surface area contributed by atoms with Gasteiger partial charge in [-0.3, -0.25) is 9.36 Å². The maximum Gasteiger partial charge on any atom is 0.196 e. The minimum Gasteiger partial charge on any atom is -0.467 e. The van der Waals surface area contributed by atoms with Crippen molar-refractivity contribution in [2.75, 3.05) is 5.75 Å². The summed E-state index contributed by atoms with van der Waals surface area (Å²) in [4.78, 5) is 13.3. The summed E-state index contributed by atoms with van der Waals surface area (Å²) in [6, 6.07) is 22.3. The number of furan rings is 1. The van der Waals surface area contributed by atoms with Gasteiger partial charge in [-0.1, -0.05) is 53.2 Å². The summed E-state index contributed by atoms with van der Waals surface area (Å²) in [5.74, 6) is 1.95. The van der Waals surface area contributed by atoms with Crippen LogP contribution in [0.2, 0.25) is 0 Å². The summed E-state index contributed by atoms with van der Waals surface area (Å²) in [6.07, 6.45) is 1.67. The van der Waals surface area contributed by atoms with Crippen LogP contribution in [-0.4, -0.2) is 30.9 Å².